The van der Waals surface area contributed by atoms with Crippen molar-refractivity contribution in [2.45, 2.75) is 20.0 Å². The maximum atomic E-state index is 12.9. The minimum atomic E-state index is -4.71. The van der Waals surface area contributed by atoms with E-state index in [4.69, 9.17) is 0 Å². The van der Waals surface area contributed by atoms with Crippen molar-refractivity contribution < 1.29 is 22.7 Å². The minimum Gasteiger partial charge on any atom is -0.494 e. The summed E-state index contributed by atoms with van der Waals surface area (Å²) in [5, 5.41) is 11.4. The van der Waals surface area contributed by atoms with Crippen LogP contribution in [0.3, 0.4) is 0 Å². The van der Waals surface area contributed by atoms with Crippen LogP contribution in [0, 0.1) is 0 Å². The van der Waals surface area contributed by atoms with Gasteiger partial charge in [0.05, 0.1) is 12.1 Å². The van der Waals surface area contributed by atoms with Crippen molar-refractivity contribution in [3.8, 4) is 0 Å². The Kier molecular flexibility index (Phi) is 5.00. The second kappa shape index (κ2) is 6.31. The Morgan fingerprint density at radius 3 is 2.45 bits per heavy atom. The van der Waals surface area contributed by atoms with Gasteiger partial charge < -0.3 is 10.4 Å². The fraction of sp³-hybridized carbons (Fsp3) is 0.364. The smallest absolute Gasteiger partial charge is 0.417 e. The van der Waals surface area contributed by atoms with Gasteiger partial charge in [-0.3, -0.25) is 9.98 Å². The molecule has 1 rings (SSSR count). The summed E-state index contributed by atoms with van der Waals surface area (Å²) >= 11 is 0. The maximum absolute atomic E-state index is 12.9. The van der Waals surface area contributed by atoms with E-state index < -0.39 is 23.6 Å². The molecule has 1 aliphatic heterocycles. The first kappa shape index (κ1) is 15.9. The minimum absolute atomic E-state index is 0.00790. The SMILES string of the molecule is CC(F)=NC(N/C(O)=C(\C)C(F)(F)F)=C1CN=CC=N1. The number of aliphatic hydroxyl groups excluding tert-OH is 1. The Bertz CT molecular complexity index is 525. The summed E-state index contributed by atoms with van der Waals surface area (Å²) in [6, 6.07) is 0. The van der Waals surface area contributed by atoms with E-state index in [0.29, 0.717) is 6.92 Å². The van der Waals surface area contributed by atoms with E-state index in [1.54, 1.807) is 0 Å². The summed E-state index contributed by atoms with van der Waals surface area (Å²) in [5.74, 6) is -2.41. The Balaban J connectivity index is 3.14. The molecule has 0 aromatic heterocycles. The lowest BCUT2D eigenvalue weighted by molar-refractivity contribution is -0.0945. The molecule has 0 atom stereocenters. The van der Waals surface area contributed by atoms with E-state index in [0.717, 1.165) is 6.92 Å². The number of alkyl halides is 3. The average Bonchev–Trinajstić information content (AvgIpc) is 2.36. The number of nitrogens with zero attached hydrogens (tertiary/aromatic N) is 3. The molecule has 110 valence electrons. The van der Waals surface area contributed by atoms with Crippen LogP contribution >= 0.6 is 0 Å². The summed E-state index contributed by atoms with van der Waals surface area (Å²) in [5.41, 5.74) is -1.16. The third-order valence-corrected chi connectivity index (χ3v) is 2.20. The Hall–Kier alpha value is -2.19. The molecule has 2 N–H and O–H groups in total. The summed E-state index contributed by atoms with van der Waals surface area (Å²) in [4.78, 5) is 11.0. The maximum Gasteiger partial charge on any atom is 0.417 e. The fourth-order valence-corrected chi connectivity index (χ4v) is 1.15. The van der Waals surface area contributed by atoms with Gasteiger partial charge in [0.1, 0.15) is 5.70 Å². The Labute approximate surface area is 112 Å². The van der Waals surface area contributed by atoms with Gasteiger partial charge in [0.15, 0.2) is 17.7 Å². The summed E-state index contributed by atoms with van der Waals surface area (Å²) < 4.78 is 50.1. The van der Waals surface area contributed by atoms with Gasteiger partial charge in [0.2, 0.25) is 0 Å². The molecule has 0 fully saturated rings. The highest BCUT2D eigenvalue weighted by Gasteiger charge is 2.33. The third-order valence-electron chi connectivity index (χ3n) is 2.20. The molecule has 20 heavy (non-hydrogen) atoms. The van der Waals surface area contributed by atoms with Gasteiger partial charge in [-0.15, -0.1) is 0 Å². The highest BCUT2D eigenvalue weighted by molar-refractivity contribution is 6.16. The number of allylic oxidation sites excluding steroid dienone is 1. The second-order valence-electron chi connectivity index (χ2n) is 3.77. The van der Waals surface area contributed by atoms with Gasteiger partial charge >= 0.3 is 6.18 Å². The van der Waals surface area contributed by atoms with Gasteiger partial charge in [-0.1, -0.05) is 0 Å². The van der Waals surface area contributed by atoms with Gasteiger partial charge in [-0.05, 0) is 6.92 Å². The first-order valence-corrected chi connectivity index (χ1v) is 5.42. The molecule has 0 saturated heterocycles. The van der Waals surface area contributed by atoms with Crippen LogP contribution < -0.4 is 5.32 Å². The molecule has 1 aliphatic rings. The van der Waals surface area contributed by atoms with Crippen molar-refractivity contribution in [1.82, 2.24) is 5.32 Å². The van der Waals surface area contributed by atoms with E-state index in [9.17, 15) is 22.7 Å². The highest BCUT2D eigenvalue weighted by atomic mass is 19.4. The van der Waals surface area contributed by atoms with E-state index in [1.807, 2.05) is 5.32 Å². The fourth-order valence-electron chi connectivity index (χ4n) is 1.15. The van der Waals surface area contributed by atoms with E-state index >= 15 is 0 Å². The first-order chi connectivity index (χ1) is 9.21. The lowest BCUT2D eigenvalue weighted by Gasteiger charge is -2.14. The van der Waals surface area contributed by atoms with Crippen LogP contribution in [0.1, 0.15) is 13.8 Å². The van der Waals surface area contributed by atoms with Gasteiger partial charge in [0.25, 0.3) is 0 Å². The average molecular weight is 292 g/mol. The van der Waals surface area contributed by atoms with Crippen molar-refractivity contribution in [3.05, 3.63) is 23.0 Å². The molecular formula is C11H12F4N4O. The zero-order valence-electron chi connectivity index (χ0n) is 10.7. The number of hydrogen-bond acceptors (Lipinski definition) is 5. The van der Waals surface area contributed by atoms with E-state index in [1.165, 1.54) is 12.4 Å². The molecule has 0 saturated carbocycles. The van der Waals surface area contributed by atoms with Crippen molar-refractivity contribution in [2.75, 3.05) is 6.54 Å². The van der Waals surface area contributed by atoms with Crippen LogP contribution in [-0.2, 0) is 0 Å². The number of aliphatic imine (C=N–C) groups is 3. The molecule has 0 spiro atoms. The predicted octanol–water partition coefficient (Wildman–Crippen LogP) is 2.64. The molecule has 9 heteroatoms. The number of rotatable bonds is 3. The zero-order chi connectivity index (χ0) is 15.3. The third kappa shape index (κ3) is 4.48. The van der Waals surface area contributed by atoms with Crippen LogP contribution in [-0.4, -0.2) is 36.2 Å². The van der Waals surface area contributed by atoms with Gasteiger partial charge in [-0.25, -0.2) is 4.99 Å². The van der Waals surface area contributed by atoms with Crippen molar-refractivity contribution in [3.63, 3.8) is 0 Å². The number of halogens is 4. The second-order valence-corrected chi connectivity index (χ2v) is 3.77. The number of aliphatic hydroxyl groups is 1. The lowest BCUT2D eigenvalue weighted by Crippen LogP contribution is -2.22. The van der Waals surface area contributed by atoms with Gasteiger partial charge in [-0.2, -0.15) is 17.6 Å². The summed E-state index contributed by atoms with van der Waals surface area (Å²) in [7, 11) is 0. The molecule has 0 aliphatic carbocycles. The predicted molar refractivity (Wildman–Crippen MR) is 67.6 cm³/mol. The van der Waals surface area contributed by atoms with Crippen molar-refractivity contribution in [2.24, 2.45) is 15.0 Å². The Morgan fingerprint density at radius 2 is 2.00 bits per heavy atom. The van der Waals surface area contributed by atoms with Crippen LogP contribution in [0.4, 0.5) is 17.6 Å². The zero-order valence-corrected chi connectivity index (χ0v) is 10.7. The lowest BCUT2D eigenvalue weighted by atomic mass is 10.3. The molecule has 0 radical (unpaired) electrons. The quantitative estimate of drug-likeness (QED) is 0.477. The molecule has 0 bridgehead atoms. The van der Waals surface area contributed by atoms with Crippen LogP contribution in [0.2, 0.25) is 0 Å². The summed E-state index contributed by atoms with van der Waals surface area (Å²) in [6.45, 7) is 1.70. The Morgan fingerprint density at radius 1 is 1.35 bits per heavy atom. The highest BCUT2D eigenvalue weighted by Crippen LogP contribution is 2.26. The van der Waals surface area contributed by atoms with Gasteiger partial charge in [0, 0.05) is 19.4 Å². The van der Waals surface area contributed by atoms with E-state index in [2.05, 4.69) is 15.0 Å². The van der Waals surface area contributed by atoms with Crippen LogP contribution in [0.5, 0.6) is 0 Å². The van der Waals surface area contributed by atoms with Crippen molar-refractivity contribution >= 4 is 18.4 Å². The standard InChI is InChI=1S/C11H12F4N4O/c1-6(11(13,14)15)10(20)19-9(18-7(2)12)8-5-16-3-4-17-8/h3-4,19-20H,5H2,1-2H3/b9-8?,10-6-,18-7?. The summed E-state index contributed by atoms with van der Waals surface area (Å²) in [6.07, 6.45) is -2.06. The monoisotopic (exact) mass is 292 g/mol. The molecular weight excluding hydrogens is 280 g/mol. The normalized spacial score (nSPS) is 19.8. The van der Waals surface area contributed by atoms with Crippen LogP contribution in [0.25, 0.3) is 0 Å². The number of nitrogens with one attached hydrogen (secondary N) is 1. The topological polar surface area (TPSA) is 69.3 Å². The number of hydrogen-bond donors (Lipinski definition) is 2. The molecule has 0 unspecified atom stereocenters. The van der Waals surface area contributed by atoms with Crippen molar-refractivity contribution in [1.29, 1.82) is 0 Å². The molecule has 0 aromatic carbocycles. The van der Waals surface area contributed by atoms with Crippen LogP contribution in [0.15, 0.2) is 38.0 Å². The molecule has 5 nitrogen and oxygen atoms in total. The molecule has 1 heterocycles. The largest absolute Gasteiger partial charge is 0.494 e. The first-order valence-electron chi connectivity index (χ1n) is 5.42. The molecule has 0 amide bonds. The molecule has 0 aromatic rings. The van der Waals surface area contributed by atoms with E-state index in [-0.39, 0.29) is 18.1 Å².